The predicted octanol–water partition coefficient (Wildman–Crippen LogP) is 3.14. The van der Waals surface area contributed by atoms with Crippen molar-refractivity contribution in [1.82, 2.24) is 0 Å². The summed E-state index contributed by atoms with van der Waals surface area (Å²) >= 11 is 0. The molecule has 96 valence electrons. The Balaban J connectivity index is 2.83. The van der Waals surface area contributed by atoms with E-state index in [0.29, 0.717) is 6.42 Å². The monoisotopic (exact) mass is 256 g/mol. The molecule has 0 N–H and O–H groups in total. The highest BCUT2D eigenvalue weighted by atomic mass is 32.2. The number of benzene rings is 1. The number of hydrogen-bond acceptors (Lipinski definition) is 3. The van der Waals surface area contributed by atoms with Crippen molar-refractivity contribution < 1.29 is 12.6 Å². The zero-order chi connectivity index (χ0) is 12.7. The molecule has 0 aliphatic carbocycles. The largest absolute Gasteiger partial charge is 0.296 e. The maximum atomic E-state index is 11.8. The number of rotatable bonds is 7. The van der Waals surface area contributed by atoms with Crippen molar-refractivity contribution >= 4 is 10.1 Å². The van der Waals surface area contributed by atoms with Gasteiger partial charge in [-0.25, -0.2) is 0 Å². The summed E-state index contributed by atoms with van der Waals surface area (Å²) in [5.41, 5.74) is 1.05. The van der Waals surface area contributed by atoms with E-state index in [0.717, 1.165) is 24.8 Å². The molecule has 17 heavy (non-hydrogen) atoms. The van der Waals surface area contributed by atoms with E-state index in [9.17, 15) is 8.42 Å². The van der Waals surface area contributed by atoms with Crippen LogP contribution in [0.3, 0.4) is 0 Å². The molecule has 0 radical (unpaired) electrons. The third-order valence-corrected chi connectivity index (χ3v) is 3.76. The van der Waals surface area contributed by atoms with Gasteiger partial charge in [-0.3, -0.25) is 4.18 Å². The molecule has 0 saturated carbocycles. The number of unbranched alkanes of at least 4 members (excludes halogenated alkanes) is 1. The predicted molar refractivity (Wildman–Crippen MR) is 68.5 cm³/mol. The second-order valence-corrected chi connectivity index (χ2v) is 5.64. The highest BCUT2D eigenvalue weighted by molar-refractivity contribution is 7.86. The van der Waals surface area contributed by atoms with Gasteiger partial charge in [-0.2, -0.15) is 8.42 Å². The van der Waals surface area contributed by atoms with Gasteiger partial charge in [-0.1, -0.05) is 32.4 Å². The van der Waals surface area contributed by atoms with E-state index in [4.69, 9.17) is 4.18 Å². The average Bonchev–Trinajstić information content (AvgIpc) is 2.34. The fourth-order valence-corrected chi connectivity index (χ4v) is 2.56. The Bertz CT molecular complexity index is 438. The minimum atomic E-state index is -3.57. The Morgan fingerprint density at radius 3 is 2.59 bits per heavy atom. The molecule has 4 heteroatoms. The van der Waals surface area contributed by atoms with E-state index in [1.54, 1.807) is 18.2 Å². The minimum Gasteiger partial charge on any atom is -0.266 e. The molecule has 0 amide bonds. The van der Waals surface area contributed by atoms with Gasteiger partial charge in [0.25, 0.3) is 10.1 Å². The van der Waals surface area contributed by atoms with Crippen molar-refractivity contribution in [2.45, 2.75) is 44.4 Å². The van der Waals surface area contributed by atoms with Gasteiger partial charge in [0.05, 0.1) is 11.5 Å². The summed E-state index contributed by atoms with van der Waals surface area (Å²) in [5, 5.41) is 0. The van der Waals surface area contributed by atoms with Crippen LogP contribution in [-0.2, 0) is 20.7 Å². The van der Waals surface area contributed by atoms with E-state index >= 15 is 0 Å². The number of aryl methyl sites for hydroxylation is 1. The van der Waals surface area contributed by atoms with Crippen molar-refractivity contribution in [3.05, 3.63) is 29.8 Å². The highest BCUT2D eigenvalue weighted by Gasteiger charge is 2.14. The fourth-order valence-electron chi connectivity index (χ4n) is 1.50. The first-order valence-electron chi connectivity index (χ1n) is 6.08. The molecule has 0 atom stereocenters. The SMILES string of the molecule is CCCCc1cccc(S(=O)(=O)OCCC)c1. The zero-order valence-electron chi connectivity index (χ0n) is 10.5. The lowest BCUT2D eigenvalue weighted by molar-refractivity contribution is 0.318. The quantitative estimate of drug-likeness (QED) is 0.704. The molecule has 3 nitrogen and oxygen atoms in total. The Labute approximate surface area is 104 Å². The van der Waals surface area contributed by atoms with Gasteiger partial charge in [-0.15, -0.1) is 0 Å². The number of hydrogen-bond donors (Lipinski definition) is 0. The summed E-state index contributed by atoms with van der Waals surface area (Å²) in [4.78, 5) is 0.263. The van der Waals surface area contributed by atoms with Gasteiger partial charge in [-0.05, 0) is 37.0 Å². The molecule has 1 rings (SSSR count). The fraction of sp³-hybridized carbons (Fsp3) is 0.538. The lowest BCUT2D eigenvalue weighted by Crippen LogP contribution is -2.07. The molecule has 0 unspecified atom stereocenters. The van der Waals surface area contributed by atoms with Gasteiger partial charge in [0.1, 0.15) is 0 Å². The molecule has 0 heterocycles. The molecule has 1 aromatic rings. The lowest BCUT2D eigenvalue weighted by atomic mass is 10.1. The van der Waals surface area contributed by atoms with Crippen molar-refractivity contribution in [2.24, 2.45) is 0 Å². The van der Waals surface area contributed by atoms with Crippen LogP contribution in [-0.4, -0.2) is 15.0 Å². The van der Waals surface area contributed by atoms with Crippen LogP contribution in [0.2, 0.25) is 0 Å². The van der Waals surface area contributed by atoms with Crippen LogP contribution in [0.15, 0.2) is 29.2 Å². The summed E-state index contributed by atoms with van der Waals surface area (Å²) in [6, 6.07) is 7.02. The Morgan fingerprint density at radius 1 is 1.18 bits per heavy atom. The second kappa shape index (κ2) is 6.77. The average molecular weight is 256 g/mol. The highest BCUT2D eigenvalue weighted by Crippen LogP contribution is 2.16. The lowest BCUT2D eigenvalue weighted by Gasteiger charge is -2.06. The first-order chi connectivity index (χ1) is 8.10. The normalized spacial score (nSPS) is 11.6. The molecule has 0 bridgehead atoms. The molecule has 0 spiro atoms. The molecular formula is C13H20O3S. The molecule has 0 saturated heterocycles. The van der Waals surface area contributed by atoms with Crippen molar-refractivity contribution in [3.8, 4) is 0 Å². The molecule has 0 aliphatic heterocycles. The zero-order valence-corrected chi connectivity index (χ0v) is 11.3. The Hall–Kier alpha value is -0.870. The first-order valence-corrected chi connectivity index (χ1v) is 7.49. The van der Waals surface area contributed by atoms with Crippen LogP contribution in [0, 0.1) is 0 Å². The smallest absolute Gasteiger partial charge is 0.266 e. The maximum Gasteiger partial charge on any atom is 0.296 e. The van der Waals surface area contributed by atoms with E-state index in [2.05, 4.69) is 6.92 Å². The van der Waals surface area contributed by atoms with Crippen LogP contribution in [0.1, 0.15) is 38.7 Å². The van der Waals surface area contributed by atoms with Gasteiger partial charge in [0.2, 0.25) is 0 Å². The van der Waals surface area contributed by atoms with E-state index in [-0.39, 0.29) is 11.5 Å². The van der Waals surface area contributed by atoms with Crippen molar-refractivity contribution in [3.63, 3.8) is 0 Å². The van der Waals surface area contributed by atoms with Gasteiger partial charge >= 0.3 is 0 Å². The Kier molecular flexibility index (Phi) is 5.65. The summed E-state index contributed by atoms with van der Waals surface area (Å²) in [6.07, 6.45) is 3.77. The summed E-state index contributed by atoms with van der Waals surface area (Å²) in [7, 11) is -3.57. The van der Waals surface area contributed by atoms with Gasteiger partial charge in [0, 0.05) is 0 Å². The van der Waals surface area contributed by atoms with Crippen molar-refractivity contribution in [2.75, 3.05) is 6.61 Å². The summed E-state index contributed by atoms with van der Waals surface area (Å²) in [5.74, 6) is 0. The molecule has 0 aliphatic rings. The van der Waals surface area contributed by atoms with Gasteiger partial charge < -0.3 is 0 Å². The molecular weight excluding hydrogens is 236 g/mol. The van der Waals surface area contributed by atoms with E-state index in [1.807, 2.05) is 13.0 Å². The maximum absolute atomic E-state index is 11.8. The van der Waals surface area contributed by atoms with Crippen LogP contribution < -0.4 is 0 Å². The van der Waals surface area contributed by atoms with Crippen LogP contribution in [0.25, 0.3) is 0 Å². The van der Waals surface area contributed by atoms with Gasteiger partial charge in [0.15, 0.2) is 0 Å². The minimum absolute atomic E-state index is 0.238. The second-order valence-electron chi connectivity index (χ2n) is 4.03. The molecule has 0 aromatic heterocycles. The van der Waals surface area contributed by atoms with Crippen LogP contribution in [0.5, 0.6) is 0 Å². The summed E-state index contributed by atoms with van der Waals surface area (Å²) in [6.45, 7) is 4.24. The van der Waals surface area contributed by atoms with Crippen molar-refractivity contribution in [1.29, 1.82) is 0 Å². The van der Waals surface area contributed by atoms with E-state index in [1.165, 1.54) is 0 Å². The van der Waals surface area contributed by atoms with Crippen LogP contribution >= 0.6 is 0 Å². The first kappa shape index (κ1) is 14.2. The topological polar surface area (TPSA) is 43.4 Å². The standard InChI is InChI=1S/C13H20O3S/c1-3-5-7-12-8-6-9-13(11-12)17(14,15)16-10-4-2/h6,8-9,11H,3-5,7,10H2,1-2H3. The third kappa shape index (κ3) is 4.48. The molecule has 1 aromatic carbocycles. The summed E-state index contributed by atoms with van der Waals surface area (Å²) < 4.78 is 28.5. The van der Waals surface area contributed by atoms with Crippen LogP contribution in [0.4, 0.5) is 0 Å². The van der Waals surface area contributed by atoms with E-state index < -0.39 is 10.1 Å². The Morgan fingerprint density at radius 2 is 1.94 bits per heavy atom. The third-order valence-electron chi connectivity index (χ3n) is 2.45. The molecule has 0 fully saturated rings.